The molecule has 3 heterocycles. The van der Waals surface area contributed by atoms with E-state index in [0.717, 1.165) is 11.3 Å². The minimum absolute atomic E-state index is 0.0720. The molecule has 2 unspecified atom stereocenters. The molecule has 4 rings (SSSR count). The average molecular weight is 338 g/mol. The molecule has 0 fully saturated rings. The Morgan fingerprint density at radius 2 is 2.00 bits per heavy atom. The number of carbonyl (C=O) groups is 2. The third kappa shape index (κ3) is 2.20. The van der Waals surface area contributed by atoms with Gasteiger partial charge in [0, 0.05) is 23.0 Å². The van der Waals surface area contributed by atoms with E-state index in [2.05, 4.69) is 9.98 Å². The van der Waals surface area contributed by atoms with Gasteiger partial charge in [-0.3, -0.25) is 19.5 Å². The number of aryl methyl sites for hydroxylation is 1. The summed E-state index contributed by atoms with van der Waals surface area (Å²) in [6, 6.07) is 8.84. The lowest BCUT2D eigenvalue weighted by molar-refractivity contribution is -0.117. The highest BCUT2D eigenvalue weighted by Crippen LogP contribution is 2.48. The molecule has 0 bridgehead atoms. The van der Waals surface area contributed by atoms with Gasteiger partial charge in [-0.25, -0.2) is 4.98 Å². The Balaban J connectivity index is 1.74. The maximum absolute atomic E-state index is 12.9. The van der Waals surface area contributed by atoms with Crippen LogP contribution < -0.4 is 10.6 Å². The molecular weight excluding hydrogens is 324 g/mol. The molecule has 2 aliphatic heterocycles. The summed E-state index contributed by atoms with van der Waals surface area (Å²) in [6.45, 7) is 1.99. The van der Waals surface area contributed by atoms with Gasteiger partial charge < -0.3 is 5.73 Å². The predicted molar refractivity (Wildman–Crippen MR) is 92.3 cm³/mol. The highest BCUT2D eigenvalue weighted by Gasteiger charge is 2.45. The normalized spacial score (nSPS) is 21.5. The summed E-state index contributed by atoms with van der Waals surface area (Å²) in [6.07, 6.45) is 3.07. The number of rotatable bonds is 2. The van der Waals surface area contributed by atoms with Gasteiger partial charge in [-0.05, 0) is 25.1 Å². The highest BCUT2D eigenvalue weighted by atomic mass is 32.2. The predicted octanol–water partition coefficient (Wildman–Crippen LogP) is 2.08. The molecule has 2 N–H and O–H groups in total. The van der Waals surface area contributed by atoms with Crippen molar-refractivity contribution in [1.29, 1.82) is 0 Å². The summed E-state index contributed by atoms with van der Waals surface area (Å²) in [5.41, 5.74) is 8.39. The first kappa shape index (κ1) is 14.9. The lowest BCUT2D eigenvalue weighted by atomic mass is 9.98. The number of nitrogens with two attached hydrogens (primary N) is 1. The van der Waals surface area contributed by atoms with E-state index in [1.807, 2.05) is 31.2 Å². The number of fused-ring (bicyclic) bond motifs is 3. The van der Waals surface area contributed by atoms with Gasteiger partial charge in [-0.2, -0.15) is 0 Å². The molecule has 2 atom stereocenters. The molecule has 6 nitrogen and oxygen atoms in total. The van der Waals surface area contributed by atoms with Crippen LogP contribution in [-0.4, -0.2) is 28.4 Å². The lowest BCUT2D eigenvalue weighted by Crippen LogP contribution is -2.42. The van der Waals surface area contributed by atoms with Gasteiger partial charge >= 0.3 is 0 Å². The zero-order valence-electron chi connectivity index (χ0n) is 12.8. The fraction of sp³-hybridized carbons (Fsp3) is 0.176. The van der Waals surface area contributed by atoms with Crippen LogP contribution in [-0.2, 0) is 4.79 Å². The zero-order valence-corrected chi connectivity index (χ0v) is 13.7. The largest absolute Gasteiger partial charge is 0.366 e. The highest BCUT2D eigenvalue weighted by molar-refractivity contribution is 8.01. The van der Waals surface area contributed by atoms with Crippen molar-refractivity contribution in [3.63, 3.8) is 0 Å². The number of pyridine rings is 1. The van der Waals surface area contributed by atoms with Crippen molar-refractivity contribution in [1.82, 2.24) is 4.98 Å². The van der Waals surface area contributed by atoms with Gasteiger partial charge in [0.05, 0.1) is 6.34 Å². The molecule has 7 heteroatoms. The minimum atomic E-state index is -0.529. The third-order valence-corrected chi connectivity index (χ3v) is 5.44. The maximum atomic E-state index is 12.9. The van der Waals surface area contributed by atoms with E-state index < -0.39 is 17.2 Å². The summed E-state index contributed by atoms with van der Waals surface area (Å²) in [7, 11) is 0. The van der Waals surface area contributed by atoms with Crippen LogP contribution in [0.25, 0.3) is 0 Å². The second-order valence-corrected chi connectivity index (χ2v) is 6.86. The first-order chi connectivity index (χ1) is 11.6. The van der Waals surface area contributed by atoms with Gasteiger partial charge in [0.15, 0.2) is 0 Å². The molecule has 1 aromatic heterocycles. The quantitative estimate of drug-likeness (QED) is 0.908. The number of aromatic nitrogens is 1. The van der Waals surface area contributed by atoms with Crippen LogP contribution in [0, 0.1) is 6.92 Å². The molecular formula is C17H14N4O2S. The van der Waals surface area contributed by atoms with E-state index in [4.69, 9.17) is 5.73 Å². The zero-order chi connectivity index (χ0) is 16.8. The molecule has 0 saturated heterocycles. The van der Waals surface area contributed by atoms with Crippen LogP contribution in [0.2, 0.25) is 0 Å². The van der Waals surface area contributed by atoms with Gasteiger partial charge in [-0.1, -0.05) is 29.5 Å². The van der Waals surface area contributed by atoms with Crippen molar-refractivity contribution in [3.05, 3.63) is 53.2 Å². The number of aliphatic imine (C=N–C) groups is 1. The molecule has 0 aliphatic carbocycles. The van der Waals surface area contributed by atoms with Crippen LogP contribution in [0.15, 0.2) is 46.5 Å². The molecule has 24 heavy (non-hydrogen) atoms. The Labute approximate surface area is 142 Å². The van der Waals surface area contributed by atoms with Gasteiger partial charge in [0.1, 0.15) is 16.3 Å². The number of benzene rings is 1. The Hall–Kier alpha value is -2.67. The summed E-state index contributed by atoms with van der Waals surface area (Å²) in [5, 5.41) is 0.219. The van der Waals surface area contributed by atoms with Crippen LogP contribution in [0.5, 0.6) is 0 Å². The minimum Gasteiger partial charge on any atom is -0.366 e. The fourth-order valence-corrected chi connectivity index (χ4v) is 4.22. The summed E-state index contributed by atoms with van der Waals surface area (Å²) in [5.74, 6) is -0.601. The topological polar surface area (TPSA) is 88.7 Å². The SMILES string of the molecule is Cc1ccc(N2C=NC3c4c(C(N)=O)ccnc4SC3C2=O)cc1. The van der Waals surface area contributed by atoms with E-state index in [9.17, 15) is 9.59 Å². The number of nitrogens with zero attached hydrogens (tertiary/aromatic N) is 3. The first-order valence-electron chi connectivity index (χ1n) is 7.44. The first-order valence-corrected chi connectivity index (χ1v) is 8.32. The number of carbonyl (C=O) groups excluding carboxylic acids is 2. The second-order valence-electron chi connectivity index (χ2n) is 5.73. The van der Waals surface area contributed by atoms with E-state index in [0.29, 0.717) is 16.2 Å². The van der Waals surface area contributed by atoms with Crippen molar-refractivity contribution < 1.29 is 9.59 Å². The number of amides is 2. The molecule has 2 amide bonds. The summed E-state index contributed by atoms with van der Waals surface area (Å²) < 4.78 is 0. The number of thioether (sulfide) groups is 1. The van der Waals surface area contributed by atoms with Crippen LogP contribution in [0.3, 0.4) is 0 Å². The molecule has 1 aromatic carbocycles. The maximum Gasteiger partial charge on any atom is 0.249 e. The van der Waals surface area contributed by atoms with Crippen molar-refractivity contribution in [2.75, 3.05) is 4.90 Å². The number of hydrogen-bond donors (Lipinski definition) is 1. The Morgan fingerprint density at radius 1 is 1.25 bits per heavy atom. The lowest BCUT2D eigenvalue weighted by Gasteiger charge is -2.28. The molecule has 0 spiro atoms. The van der Waals surface area contributed by atoms with Crippen molar-refractivity contribution in [2.24, 2.45) is 10.7 Å². The van der Waals surface area contributed by atoms with Crippen molar-refractivity contribution >= 4 is 35.6 Å². The number of hydrogen-bond acceptors (Lipinski definition) is 5. The van der Waals surface area contributed by atoms with Crippen LogP contribution >= 0.6 is 11.8 Å². The molecule has 0 saturated carbocycles. The number of primary amides is 1. The Kier molecular flexibility index (Phi) is 3.38. The van der Waals surface area contributed by atoms with Crippen molar-refractivity contribution in [2.45, 2.75) is 23.2 Å². The Bertz CT molecular complexity index is 879. The smallest absolute Gasteiger partial charge is 0.249 e. The van der Waals surface area contributed by atoms with Gasteiger partial charge in [0.25, 0.3) is 0 Å². The van der Waals surface area contributed by atoms with Crippen LogP contribution in [0.1, 0.15) is 27.5 Å². The van der Waals surface area contributed by atoms with Gasteiger partial charge in [0.2, 0.25) is 11.8 Å². The molecule has 2 aromatic rings. The summed E-state index contributed by atoms with van der Waals surface area (Å²) >= 11 is 1.34. The molecule has 120 valence electrons. The summed E-state index contributed by atoms with van der Waals surface area (Å²) in [4.78, 5) is 34.9. The van der Waals surface area contributed by atoms with Gasteiger partial charge in [-0.15, -0.1) is 0 Å². The second kappa shape index (κ2) is 5.45. The van der Waals surface area contributed by atoms with E-state index in [-0.39, 0.29) is 5.91 Å². The van der Waals surface area contributed by atoms with E-state index in [1.165, 1.54) is 24.3 Å². The van der Waals surface area contributed by atoms with Crippen molar-refractivity contribution in [3.8, 4) is 0 Å². The van der Waals surface area contributed by atoms with E-state index >= 15 is 0 Å². The monoisotopic (exact) mass is 338 g/mol. The Morgan fingerprint density at radius 3 is 2.71 bits per heavy atom. The number of anilines is 1. The average Bonchev–Trinajstić information content (AvgIpc) is 2.96. The van der Waals surface area contributed by atoms with E-state index in [1.54, 1.807) is 11.0 Å². The fourth-order valence-electron chi connectivity index (χ4n) is 2.95. The molecule has 0 radical (unpaired) electrons. The third-order valence-electron chi connectivity index (χ3n) is 4.18. The standard InChI is InChI=1S/C17H14N4O2S/c1-9-2-4-10(5-3-9)21-8-20-13-12-11(15(18)22)6-7-19-16(12)24-14(13)17(21)23/h2-8,13-14H,1H3,(H2,18,22). The van der Waals surface area contributed by atoms with Crippen LogP contribution in [0.4, 0.5) is 5.69 Å². The molecule has 2 aliphatic rings.